The largest absolute Gasteiger partial charge is 0.471 e. The lowest BCUT2D eigenvalue weighted by Gasteiger charge is -2.03. The van der Waals surface area contributed by atoms with Gasteiger partial charge in [0.25, 0.3) is 10.3 Å². The van der Waals surface area contributed by atoms with E-state index in [1.165, 1.54) is 12.8 Å². The molecule has 0 rings (SSSR count). The molecule has 0 saturated carbocycles. The van der Waals surface area contributed by atoms with Gasteiger partial charge in [-0.25, -0.2) is 0 Å². The zero-order chi connectivity index (χ0) is 16.4. The summed E-state index contributed by atoms with van der Waals surface area (Å²) in [5.41, 5.74) is 9.98. The lowest BCUT2D eigenvalue weighted by Crippen LogP contribution is -2.19. The molecule has 0 aromatic carbocycles. The predicted molar refractivity (Wildman–Crippen MR) is 92.6 cm³/mol. The second-order valence-corrected chi connectivity index (χ2v) is 4.80. The molecular weight excluding hydrogens is 296 g/mol. The molecule has 0 spiro atoms. The molecule has 0 saturated heterocycles. The molecule has 0 heterocycles. The summed E-state index contributed by atoms with van der Waals surface area (Å²) >= 11 is 8.82. The van der Waals surface area contributed by atoms with Crippen LogP contribution in [0, 0.1) is 0 Å². The highest BCUT2D eigenvalue weighted by Gasteiger charge is 1.94. The van der Waals surface area contributed by atoms with Crippen molar-refractivity contribution in [2.24, 2.45) is 11.5 Å². The minimum absolute atomic E-state index is 0.0223. The van der Waals surface area contributed by atoms with Crippen LogP contribution in [0.25, 0.3) is 0 Å². The lowest BCUT2D eigenvalue weighted by molar-refractivity contribution is 0.118. The van der Waals surface area contributed by atoms with Gasteiger partial charge < -0.3 is 26.0 Å². The Kier molecular flexibility index (Phi) is 25.2. The van der Waals surface area contributed by atoms with Crippen LogP contribution in [0.1, 0.15) is 53.4 Å². The fraction of sp³-hybridized carbons (Fsp3) is 0.846. The number of aliphatic hydroxyl groups excluding tert-OH is 1. The van der Waals surface area contributed by atoms with Crippen molar-refractivity contribution in [2.75, 3.05) is 13.2 Å². The normalized spacial score (nSPS) is 10.1. The standard InChI is InChI=1S/C5H11NOS.C4H9NO2S.C4H10/c1-2-3-4-7-5(6)8;1-3(6)2-7-4(5)8;1-3-4-2/h2-4H2,1H3,(H2,6,8);3,6H,2H2,1H3,(H2,5,8);3-4H2,1-2H3. The Bertz CT molecular complexity index is 226. The fourth-order valence-electron chi connectivity index (χ4n) is 0.520. The Balaban J connectivity index is -0.000000230. The first-order valence-corrected chi connectivity index (χ1v) is 7.65. The van der Waals surface area contributed by atoms with Gasteiger partial charge in [0, 0.05) is 0 Å². The van der Waals surface area contributed by atoms with Crippen molar-refractivity contribution in [1.82, 2.24) is 0 Å². The van der Waals surface area contributed by atoms with Crippen LogP contribution in [0.5, 0.6) is 0 Å². The SMILES string of the molecule is CC(O)COC(N)=S.CCCC.CCCCOC(N)=S. The molecule has 5 nitrogen and oxygen atoms in total. The van der Waals surface area contributed by atoms with Crippen LogP contribution in [-0.2, 0) is 9.47 Å². The van der Waals surface area contributed by atoms with Crippen LogP contribution in [0.2, 0.25) is 0 Å². The maximum absolute atomic E-state index is 8.56. The van der Waals surface area contributed by atoms with Gasteiger partial charge in [-0.2, -0.15) is 0 Å². The number of nitrogens with two attached hydrogens (primary N) is 2. The summed E-state index contributed by atoms with van der Waals surface area (Å²) in [6.45, 7) is 8.88. The first-order chi connectivity index (χ1) is 9.31. The average Bonchev–Trinajstić information content (AvgIpc) is 2.37. The molecule has 0 aromatic rings. The number of thiocarbonyl (C=S) groups is 2. The summed E-state index contributed by atoms with van der Waals surface area (Å²) in [4.78, 5) is 0. The van der Waals surface area contributed by atoms with E-state index in [2.05, 4.69) is 49.9 Å². The number of hydrogen-bond donors (Lipinski definition) is 3. The van der Waals surface area contributed by atoms with E-state index in [1.807, 2.05) is 0 Å². The molecule has 1 atom stereocenters. The molecule has 20 heavy (non-hydrogen) atoms. The van der Waals surface area contributed by atoms with Crippen molar-refractivity contribution in [3.05, 3.63) is 0 Å². The molecular formula is C13H30N2O3S2. The molecule has 0 fully saturated rings. The van der Waals surface area contributed by atoms with Crippen molar-refractivity contribution in [1.29, 1.82) is 0 Å². The fourth-order valence-corrected chi connectivity index (χ4v) is 0.671. The Labute approximate surface area is 134 Å². The van der Waals surface area contributed by atoms with Crippen molar-refractivity contribution >= 4 is 34.8 Å². The van der Waals surface area contributed by atoms with E-state index in [9.17, 15) is 0 Å². The Morgan fingerprint density at radius 2 is 1.45 bits per heavy atom. The van der Waals surface area contributed by atoms with Crippen LogP contribution in [0.3, 0.4) is 0 Å². The molecule has 0 bridgehead atoms. The van der Waals surface area contributed by atoms with Gasteiger partial charge in [0.05, 0.1) is 12.7 Å². The monoisotopic (exact) mass is 326 g/mol. The minimum Gasteiger partial charge on any atom is -0.471 e. The van der Waals surface area contributed by atoms with E-state index in [4.69, 9.17) is 21.3 Å². The molecule has 0 amide bonds. The summed E-state index contributed by atoms with van der Waals surface area (Å²) < 4.78 is 9.35. The Morgan fingerprint density at radius 3 is 1.65 bits per heavy atom. The summed E-state index contributed by atoms with van der Waals surface area (Å²) in [7, 11) is 0. The van der Waals surface area contributed by atoms with Gasteiger partial charge in [0.1, 0.15) is 6.61 Å². The van der Waals surface area contributed by atoms with Crippen LogP contribution in [0.4, 0.5) is 0 Å². The first kappa shape index (κ1) is 24.4. The van der Waals surface area contributed by atoms with Gasteiger partial charge in [-0.1, -0.05) is 40.0 Å². The lowest BCUT2D eigenvalue weighted by atomic mass is 10.4. The smallest absolute Gasteiger partial charge is 0.254 e. The molecule has 7 heteroatoms. The van der Waals surface area contributed by atoms with E-state index in [0.29, 0.717) is 6.61 Å². The van der Waals surface area contributed by atoms with Crippen molar-refractivity contribution < 1.29 is 14.6 Å². The van der Waals surface area contributed by atoms with Crippen LogP contribution >= 0.6 is 24.4 Å². The van der Waals surface area contributed by atoms with E-state index in [1.54, 1.807) is 6.92 Å². The number of ether oxygens (including phenoxy) is 2. The molecule has 1 unspecified atom stereocenters. The van der Waals surface area contributed by atoms with Gasteiger partial charge in [-0.15, -0.1) is 0 Å². The number of aliphatic hydroxyl groups is 1. The number of hydrogen-bond acceptors (Lipinski definition) is 5. The summed E-state index contributed by atoms with van der Waals surface area (Å²) in [6.07, 6.45) is 4.27. The van der Waals surface area contributed by atoms with E-state index >= 15 is 0 Å². The van der Waals surface area contributed by atoms with Gasteiger partial charge in [-0.3, -0.25) is 0 Å². The van der Waals surface area contributed by atoms with Gasteiger partial charge in [0.15, 0.2) is 0 Å². The van der Waals surface area contributed by atoms with Crippen molar-refractivity contribution in [3.63, 3.8) is 0 Å². The summed E-state index contributed by atoms with van der Waals surface area (Å²) in [6, 6.07) is 0. The highest BCUT2D eigenvalue weighted by Crippen LogP contribution is 1.86. The second kappa shape index (κ2) is 20.7. The van der Waals surface area contributed by atoms with Gasteiger partial charge in [0.2, 0.25) is 0 Å². The predicted octanol–water partition coefficient (Wildman–Crippen LogP) is 2.48. The summed E-state index contributed by atoms with van der Waals surface area (Å²) in [5.74, 6) is 0. The van der Waals surface area contributed by atoms with Crippen molar-refractivity contribution in [2.45, 2.75) is 59.5 Å². The van der Waals surface area contributed by atoms with Gasteiger partial charge >= 0.3 is 0 Å². The van der Waals surface area contributed by atoms with E-state index < -0.39 is 6.10 Å². The van der Waals surface area contributed by atoms with E-state index in [0.717, 1.165) is 12.8 Å². The van der Waals surface area contributed by atoms with Gasteiger partial charge in [-0.05, 0) is 37.8 Å². The second-order valence-electron chi connectivity index (χ2n) is 4.00. The molecule has 0 aliphatic heterocycles. The molecule has 5 N–H and O–H groups in total. The first-order valence-electron chi connectivity index (χ1n) is 6.84. The quantitative estimate of drug-likeness (QED) is 0.510. The zero-order valence-corrected chi connectivity index (χ0v) is 14.7. The molecule has 0 aliphatic rings. The Hall–Kier alpha value is -0.660. The van der Waals surface area contributed by atoms with Crippen molar-refractivity contribution in [3.8, 4) is 0 Å². The van der Waals surface area contributed by atoms with Crippen LogP contribution in [0.15, 0.2) is 0 Å². The molecule has 0 aromatic heterocycles. The number of rotatable bonds is 6. The zero-order valence-electron chi connectivity index (χ0n) is 13.1. The molecule has 122 valence electrons. The molecule has 0 aliphatic carbocycles. The third kappa shape index (κ3) is 43.3. The molecule has 0 radical (unpaired) electrons. The van der Waals surface area contributed by atoms with Crippen LogP contribution in [-0.4, -0.2) is 34.8 Å². The summed E-state index contributed by atoms with van der Waals surface area (Å²) in [5, 5.41) is 8.69. The highest BCUT2D eigenvalue weighted by atomic mass is 32.1. The van der Waals surface area contributed by atoms with Crippen LogP contribution < -0.4 is 11.5 Å². The third-order valence-electron chi connectivity index (χ3n) is 1.71. The maximum Gasteiger partial charge on any atom is 0.254 e. The highest BCUT2D eigenvalue weighted by molar-refractivity contribution is 7.80. The average molecular weight is 327 g/mol. The Morgan fingerprint density at radius 1 is 1.00 bits per heavy atom. The number of unbranched alkanes of at least 4 members (excludes halogenated alkanes) is 2. The topological polar surface area (TPSA) is 90.7 Å². The minimum atomic E-state index is -0.503. The maximum atomic E-state index is 8.56. The van der Waals surface area contributed by atoms with E-state index in [-0.39, 0.29) is 17.0 Å². The third-order valence-corrected chi connectivity index (χ3v) is 1.94.